The SMILES string of the molecule is CC(CC(=O)c1ccccc1Cl)C(=O)O. The maximum Gasteiger partial charge on any atom is 0.306 e. The summed E-state index contributed by atoms with van der Waals surface area (Å²) in [7, 11) is 0. The van der Waals surface area contributed by atoms with Gasteiger partial charge in [0.1, 0.15) is 0 Å². The van der Waals surface area contributed by atoms with Crippen LogP contribution in [0.3, 0.4) is 0 Å². The number of hydrogen-bond acceptors (Lipinski definition) is 2. The molecule has 1 aromatic carbocycles. The van der Waals surface area contributed by atoms with E-state index in [-0.39, 0.29) is 12.2 Å². The van der Waals surface area contributed by atoms with Crippen LogP contribution in [0.1, 0.15) is 23.7 Å². The summed E-state index contributed by atoms with van der Waals surface area (Å²) in [4.78, 5) is 22.2. The van der Waals surface area contributed by atoms with E-state index in [1.165, 1.54) is 6.92 Å². The van der Waals surface area contributed by atoms with E-state index >= 15 is 0 Å². The standard InChI is InChI=1S/C11H11ClO3/c1-7(11(14)15)6-10(13)8-4-2-3-5-9(8)12/h2-5,7H,6H2,1H3,(H,14,15). The van der Waals surface area contributed by atoms with Gasteiger partial charge < -0.3 is 5.11 Å². The van der Waals surface area contributed by atoms with Crippen LogP contribution in [-0.4, -0.2) is 16.9 Å². The summed E-state index contributed by atoms with van der Waals surface area (Å²) in [5, 5.41) is 9.02. The summed E-state index contributed by atoms with van der Waals surface area (Å²) in [6.45, 7) is 1.50. The quantitative estimate of drug-likeness (QED) is 0.803. The predicted octanol–water partition coefficient (Wildman–Crippen LogP) is 2.63. The molecule has 1 aromatic rings. The maximum atomic E-state index is 11.6. The molecule has 0 fully saturated rings. The monoisotopic (exact) mass is 226 g/mol. The number of ketones is 1. The molecule has 1 unspecified atom stereocenters. The number of carbonyl (C=O) groups is 2. The molecule has 1 rings (SSSR count). The zero-order valence-corrected chi connectivity index (χ0v) is 8.99. The van der Waals surface area contributed by atoms with Crippen LogP contribution in [0.2, 0.25) is 5.02 Å². The fourth-order valence-corrected chi connectivity index (χ4v) is 1.40. The minimum absolute atomic E-state index is 0.0287. The first-order valence-electron chi connectivity index (χ1n) is 4.53. The van der Waals surface area contributed by atoms with E-state index in [2.05, 4.69) is 0 Å². The van der Waals surface area contributed by atoms with Gasteiger partial charge in [-0.3, -0.25) is 9.59 Å². The molecule has 0 saturated carbocycles. The normalized spacial score (nSPS) is 12.1. The first kappa shape index (κ1) is 11.7. The van der Waals surface area contributed by atoms with Gasteiger partial charge in [-0.15, -0.1) is 0 Å². The first-order chi connectivity index (χ1) is 7.02. The Bertz CT molecular complexity index is 387. The summed E-state index contributed by atoms with van der Waals surface area (Å²) in [6, 6.07) is 6.63. The highest BCUT2D eigenvalue weighted by Gasteiger charge is 2.18. The van der Waals surface area contributed by atoms with E-state index in [4.69, 9.17) is 16.7 Å². The van der Waals surface area contributed by atoms with Crippen LogP contribution in [0.25, 0.3) is 0 Å². The van der Waals surface area contributed by atoms with E-state index in [9.17, 15) is 9.59 Å². The van der Waals surface area contributed by atoms with Gasteiger partial charge >= 0.3 is 5.97 Å². The van der Waals surface area contributed by atoms with E-state index in [0.29, 0.717) is 10.6 Å². The van der Waals surface area contributed by atoms with Gasteiger partial charge in [-0.25, -0.2) is 0 Å². The Hall–Kier alpha value is -1.35. The maximum absolute atomic E-state index is 11.6. The summed E-state index contributed by atoms with van der Waals surface area (Å²) >= 11 is 5.81. The molecule has 1 atom stereocenters. The lowest BCUT2D eigenvalue weighted by Gasteiger charge is -2.06. The fraction of sp³-hybridized carbons (Fsp3) is 0.273. The molecular formula is C11H11ClO3. The summed E-state index contributed by atoms with van der Waals surface area (Å²) < 4.78 is 0. The highest BCUT2D eigenvalue weighted by atomic mass is 35.5. The van der Waals surface area contributed by atoms with Crippen molar-refractivity contribution in [3.05, 3.63) is 34.9 Å². The molecule has 0 aromatic heterocycles. The number of rotatable bonds is 4. The molecule has 4 heteroatoms. The Morgan fingerprint density at radius 2 is 2.00 bits per heavy atom. The number of carboxylic acids is 1. The van der Waals surface area contributed by atoms with E-state index in [0.717, 1.165) is 0 Å². The molecule has 0 aliphatic heterocycles. The Morgan fingerprint density at radius 3 is 2.53 bits per heavy atom. The lowest BCUT2D eigenvalue weighted by molar-refractivity contribution is -0.141. The van der Waals surface area contributed by atoms with Gasteiger partial charge in [0, 0.05) is 12.0 Å². The number of hydrogen-bond donors (Lipinski definition) is 1. The van der Waals surface area contributed by atoms with E-state index in [1.807, 2.05) is 0 Å². The average molecular weight is 227 g/mol. The van der Waals surface area contributed by atoms with Crippen molar-refractivity contribution in [3.8, 4) is 0 Å². The van der Waals surface area contributed by atoms with Crippen LogP contribution >= 0.6 is 11.6 Å². The molecule has 1 N–H and O–H groups in total. The second-order valence-electron chi connectivity index (χ2n) is 3.35. The molecule has 3 nitrogen and oxygen atoms in total. The topological polar surface area (TPSA) is 54.4 Å². The summed E-state index contributed by atoms with van der Waals surface area (Å²) in [5.74, 6) is -1.90. The second kappa shape index (κ2) is 4.94. The fourth-order valence-electron chi connectivity index (χ4n) is 1.16. The zero-order valence-electron chi connectivity index (χ0n) is 8.24. The molecule has 0 heterocycles. The number of benzene rings is 1. The van der Waals surface area contributed by atoms with E-state index < -0.39 is 11.9 Å². The summed E-state index contributed by atoms with van der Waals surface area (Å²) in [6.07, 6.45) is -0.0287. The minimum atomic E-state index is -0.976. The average Bonchev–Trinajstić information content (AvgIpc) is 2.18. The van der Waals surface area contributed by atoms with Crippen molar-refractivity contribution in [2.24, 2.45) is 5.92 Å². The smallest absolute Gasteiger partial charge is 0.306 e. The predicted molar refractivity (Wildman–Crippen MR) is 57.2 cm³/mol. The van der Waals surface area contributed by atoms with Crippen molar-refractivity contribution in [2.45, 2.75) is 13.3 Å². The zero-order chi connectivity index (χ0) is 11.4. The van der Waals surface area contributed by atoms with Gasteiger partial charge in [-0.1, -0.05) is 30.7 Å². The number of carbonyl (C=O) groups excluding carboxylic acids is 1. The van der Waals surface area contributed by atoms with Crippen LogP contribution in [0.15, 0.2) is 24.3 Å². The lowest BCUT2D eigenvalue weighted by atomic mass is 10.00. The molecule has 0 spiro atoms. The number of carboxylic acid groups (broad SMARTS) is 1. The summed E-state index contributed by atoms with van der Waals surface area (Å²) in [5.41, 5.74) is 0.382. The molecule has 0 radical (unpaired) electrons. The van der Waals surface area contributed by atoms with Crippen LogP contribution in [0.4, 0.5) is 0 Å². The van der Waals surface area contributed by atoms with E-state index in [1.54, 1.807) is 24.3 Å². The number of aliphatic carboxylic acids is 1. The van der Waals surface area contributed by atoms with Gasteiger partial charge in [-0.05, 0) is 12.1 Å². The van der Waals surface area contributed by atoms with Crippen molar-refractivity contribution in [3.63, 3.8) is 0 Å². The van der Waals surface area contributed by atoms with Crippen LogP contribution < -0.4 is 0 Å². The molecular weight excluding hydrogens is 216 g/mol. The minimum Gasteiger partial charge on any atom is -0.481 e. The van der Waals surface area contributed by atoms with Crippen molar-refractivity contribution in [2.75, 3.05) is 0 Å². The molecule has 80 valence electrons. The van der Waals surface area contributed by atoms with Crippen LogP contribution in [0.5, 0.6) is 0 Å². The number of halogens is 1. The third-order valence-electron chi connectivity index (χ3n) is 2.09. The second-order valence-corrected chi connectivity index (χ2v) is 3.75. The first-order valence-corrected chi connectivity index (χ1v) is 4.90. The van der Waals surface area contributed by atoms with Crippen molar-refractivity contribution >= 4 is 23.4 Å². The highest BCUT2D eigenvalue weighted by Crippen LogP contribution is 2.18. The van der Waals surface area contributed by atoms with Gasteiger partial charge in [-0.2, -0.15) is 0 Å². The highest BCUT2D eigenvalue weighted by molar-refractivity contribution is 6.34. The Kier molecular flexibility index (Phi) is 3.86. The van der Waals surface area contributed by atoms with Crippen molar-refractivity contribution in [1.82, 2.24) is 0 Å². The largest absolute Gasteiger partial charge is 0.481 e. The van der Waals surface area contributed by atoms with Crippen molar-refractivity contribution < 1.29 is 14.7 Å². The van der Waals surface area contributed by atoms with Gasteiger partial charge in [0.05, 0.1) is 10.9 Å². The molecule has 0 aliphatic carbocycles. The molecule has 0 saturated heterocycles. The van der Waals surface area contributed by atoms with Gasteiger partial charge in [0.25, 0.3) is 0 Å². The third kappa shape index (κ3) is 3.06. The number of Topliss-reactive ketones (excluding diaryl/α,β-unsaturated/α-hetero) is 1. The molecule has 15 heavy (non-hydrogen) atoms. The van der Waals surface area contributed by atoms with Crippen molar-refractivity contribution in [1.29, 1.82) is 0 Å². The van der Waals surface area contributed by atoms with Gasteiger partial charge in [0.2, 0.25) is 0 Å². The Labute approximate surface area is 92.7 Å². The third-order valence-corrected chi connectivity index (χ3v) is 2.42. The lowest BCUT2D eigenvalue weighted by Crippen LogP contribution is -2.14. The van der Waals surface area contributed by atoms with Gasteiger partial charge in [0.15, 0.2) is 5.78 Å². The molecule has 0 bridgehead atoms. The Morgan fingerprint density at radius 1 is 1.40 bits per heavy atom. The molecule has 0 amide bonds. The van der Waals surface area contributed by atoms with Crippen LogP contribution in [0, 0.1) is 5.92 Å². The Balaban J connectivity index is 2.78. The van der Waals surface area contributed by atoms with Crippen LogP contribution in [-0.2, 0) is 4.79 Å². The molecule has 0 aliphatic rings.